The number of aromatic hydroxyl groups is 1. The molecule has 0 saturated heterocycles. The molecule has 0 atom stereocenters. The monoisotopic (exact) mass is 477 g/mol. The molecule has 5 nitrogen and oxygen atoms in total. The summed E-state index contributed by atoms with van der Waals surface area (Å²) in [5.74, 6) is -0.553. The van der Waals surface area contributed by atoms with Crippen molar-refractivity contribution >= 4 is 29.9 Å². The maximum Gasteiger partial charge on any atom is 0.191 e. The Morgan fingerprint density at radius 1 is 1.12 bits per heavy atom. The quantitative estimate of drug-likeness (QED) is 0.248. The molecule has 26 heavy (non-hydrogen) atoms. The van der Waals surface area contributed by atoms with E-state index in [0.717, 1.165) is 17.7 Å². The summed E-state index contributed by atoms with van der Waals surface area (Å²) in [5.41, 5.74) is 0.958. The van der Waals surface area contributed by atoms with E-state index in [4.69, 9.17) is 4.74 Å². The van der Waals surface area contributed by atoms with Crippen LogP contribution in [0.15, 0.2) is 47.5 Å². The number of benzene rings is 2. The van der Waals surface area contributed by atoms with Crippen molar-refractivity contribution in [1.82, 2.24) is 10.6 Å². The highest BCUT2D eigenvalue weighted by Crippen LogP contribution is 2.17. The molecular formula is C18H22F2IN3O2. The second-order valence-electron chi connectivity index (χ2n) is 5.21. The van der Waals surface area contributed by atoms with Gasteiger partial charge in [-0.2, -0.15) is 0 Å². The van der Waals surface area contributed by atoms with Crippen molar-refractivity contribution in [2.24, 2.45) is 4.99 Å². The molecule has 0 heterocycles. The standard InChI is InChI=1S/C18H21F2N3O2.HI/c1-2-21-18(23-12-13-3-6-15(24)7-4-13)22-9-10-25-17-8-5-14(19)11-16(17)20;/h3-8,11,24H,2,9-10,12H2,1H3,(H2,21,22,23);1H. The summed E-state index contributed by atoms with van der Waals surface area (Å²) < 4.78 is 31.6. The molecule has 8 heteroatoms. The highest BCUT2D eigenvalue weighted by Gasteiger charge is 2.04. The predicted octanol–water partition coefficient (Wildman–Crippen LogP) is 3.42. The van der Waals surface area contributed by atoms with Gasteiger partial charge >= 0.3 is 0 Å². The molecule has 0 radical (unpaired) electrons. The Morgan fingerprint density at radius 2 is 1.85 bits per heavy atom. The highest BCUT2D eigenvalue weighted by atomic mass is 127. The van der Waals surface area contributed by atoms with Crippen molar-refractivity contribution in [1.29, 1.82) is 0 Å². The topological polar surface area (TPSA) is 65.9 Å². The maximum absolute atomic E-state index is 13.5. The summed E-state index contributed by atoms with van der Waals surface area (Å²) in [6, 6.07) is 9.99. The van der Waals surface area contributed by atoms with E-state index in [-0.39, 0.29) is 42.1 Å². The molecule has 2 aromatic carbocycles. The van der Waals surface area contributed by atoms with Crippen LogP contribution in [0.25, 0.3) is 0 Å². The molecule has 2 rings (SSSR count). The maximum atomic E-state index is 13.5. The minimum atomic E-state index is -0.729. The van der Waals surface area contributed by atoms with Crippen molar-refractivity contribution in [3.05, 3.63) is 59.7 Å². The molecule has 0 bridgehead atoms. The third kappa shape index (κ3) is 7.42. The summed E-state index contributed by atoms with van der Waals surface area (Å²) in [6.07, 6.45) is 0. The summed E-state index contributed by atoms with van der Waals surface area (Å²) in [6.45, 7) is 3.68. The van der Waals surface area contributed by atoms with E-state index in [0.29, 0.717) is 25.6 Å². The predicted molar refractivity (Wildman–Crippen MR) is 108 cm³/mol. The smallest absolute Gasteiger partial charge is 0.191 e. The van der Waals surface area contributed by atoms with E-state index in [9.17, 15) is 13.9 Å². The van der Waals surface area contributed by atoms with Crippen LogP contribution < -0.4 is 15.4 Å². The molecule has 0 aromatic heterocycles. The summed E-state index contributed by atoms with van der Waals surface area (Å²) in [4.78, 5) is 4.42. The molecule has 2 aromatic rings. The van der Waals surface area contributed by atoms with Gasteiger partial charge in [0.25, 0.3) is 0 Å². The molecule has 0 spiro atoms. The van der Waals surface area contributed by atoms with Gasteiger partial charge in [-0.15, -0.1) is 24.0 Å². The zero-order chi connectivity index (χ0) is 18.1. The Hall–Kier alpha value is -2.10. The lowest BCUT2D eigenvalue weighted by Crippen LogP contribution is -2.39. The van der Waals surface area contributed by atoms with Gasteiger partial charge in [0.15, 0.2) is 17.5 Å². The van der Waals surface area contributed by atoms with Gasteiger partial charge in [0.1, 0.15) is 18.2 Å². The SMILES string of the molecule is CCNC(=NCc1ccc(O)cc1)NCCOc1ccc(F)cc1F.I. The zero-order valence-corrected chi connectivity index (χ0v) is 16.7. The van der Waals surface area contributed by atoms with E-state index in [1.165, 1.54) is 6.07 Å². The summed E-state index contributed by atoms with van der Waals surface area (Å²) >= 11 is 0. The molecule has 0 aliphatic rings. The number of rotatable bonds is 7. The number of hydrogen-bond acceptors (Lipinski definition) is 3. The van der Waals surface area contributed by atoms with E-state index >= 15 is 0 Å². The first-order chi connectivity index (χ1) is 12.1. The molecule has 0 fully saturated rings. The van der Waals surface area contributed by atoms with E-state index in [1.54, 1.807) is 24.3 Å². The summed E-state index contributed by atoms with van der Waals surface area (Å²) in [5, 5.41) is 15.4. The van der Waals surface area contributed by atoms with Crippen molar-refractivity contribution < 1.29 is 18.6 Å². The number of ether oxygens (including phenoxy) is 1. The van der Waals surface area contributed by atoms with Crippen molar-refractivity contribution in [2.45, 2.75) is 13.5 Å². The van der Waals surface area contributed by atoms with Gasteiger partial charge in [-0.05, 0) is 36.8 Å². The number of guanidine groups is 1. The van der Waals surface area contributed by atoms with Crippen LogP contribution in [-0.4, -0.2) is 30.8 Å². The lowest BCUT2D eigenvalue weighted by Gasteiger charge is -2.12. The summed E-state index contributed by atoms with van der Waals surface area (Å²) in [7, 11) is 0. The highest BCUT2D eigenvalue weighted by molar-refractivity contribution is 14.0. The molecule has 0 aliphatic carbocycles. The van der Waals surface area contributed by atoms with Crippen LogP contribution in [0, 0.1) is 11.6 Å². The van der Waals surface area contributed by atoms with Crippen LogP contribution in [0.1, 0.15) is 12.5 Å². The van der Waals surface area contributed by atoms with Crippen LogP contribution in [-0.2, 0) is 6.54 Å². The normalized spacial score (nSPS) is 10.8. The fourth-order valence-corrected chi connectivity index (χ4v) is 2.04. The Bertz CT molecular complexity index is 712. The number of phenols is 1. The number of aliphatic imine (C=N–C) groups is 1. The third-order valence-electron chi connectivity index (χ3n) is 3.25. The first-order valence-electron chi connectivity index (χ1n) is 7.96. The lowest BCUT2D eigenvalue weighted by atomic mass is 10.2. The van der Waals surface area contributed by atoms with E-state index in [1.807, 2.05) is 6.92 Å². The molecule has 0 saturated carbocycles. The Balaban J connectivity index is 0.00000338. The average Bonchev–Trinajstić information content (AvgIpc) is 2.59. The van der Waals surface area contributed by atoms with Gasteiger partial charge in [-0.25, -0.2) is 13.8 Å². The molecule has 0 amide bonds. The van der Waals surface area contributed by atoms with Gasteiger partial charge in [-0.3, -0.25) is 0 Å². The molecule has 0 aliphatic heterocycles. The second-order valence-corrected chi connectivity index (χ2v) is 5.21. The Labute approximate surface area is 168 Å². The van der Waals surface area contributed by atoms with Crippen LogP contribution in [0.2, 0.25) is 0 Å². The third-order valence-corrected chi connectivity index (χ3v) is 3.25. The lowest BCUT2D eigenvalue weighted by molar-refractivity contribution is 0.304. The first kappa shape index (κ1) is 21.9. The number of nitrogens with one attached hydrogen (secondary N) is 2. The largest absolute Gasteiger partial charge is 0.508 e. The zero-order valence-electron chi connectivity index (χ0n) is 14.3. The second kappa shape index (κ2) is 11.5. The number of nitrogens with zero attached hydrogens (tertiary/aromatic N) is 1. The van der Waals surface area contributed by atoms with Crippen molar-refractivity contribution in [2.75, 3.05) is 19.7 Å². The van der Waals surface area contributed by atoms with Crippen molar-refractivity contribution in [3.63, 3.8) is 0 Å². The van der Waals surface area contributed by atoms with Crippen LogP contribution in [0.3, 0.4) is 0 Å². The molecular weight excluding hydrogens is 455 g/mol. The fraction of sp³-hybridized carbons (Fsp3) is 0.278. The minimum absolute atomic E-state index is 0. The van der Waals surface area contributed by atoms with Gasteiger partial charge in [0, 0.05) is 12.6 Å². The molecule has 3 N–H and O–H groups in total. The van der Waals surface area contributed by atoms with Crippen LogP contribution in [0.5, 0.6) is 11.5 Å². The first-order valence-corrected chi connectivity index (χ1v) is 7.96. The number of halogens is 3. The van der Waals surface area contributed by atoms with Gasteiger partial charge in [-0.1, -0.05) is 12.1 Å². The molecule has 0 unspecified atom stereocenters. The number of hydrogen-bond donors (Lipinski definition) is 3. The van der Waals surface area contributed by atoms with Crippen LogP contribution >= 0.6 is 24.0 Å². The Kier molecular flexibility index (Phi) is 9.71. The molecule has 142 valence electrons. The Morgan fingerprint density at radius 3 is 2.50 bits per heavy atom. The number of phenolic OH excluding ortho intramolecular Hbond substituents is 1. The van der Waals surface area contributed by atoms with Crippen LogP contribution in [0.4, 0.5) is 8.78 Å². The van der Waals surface area contributed by atoms with E-state index < -0.39 is 11.6 Å². The fourth-order valence-electron chi connectivity index (χ4n) is 2.04. The van der Waals surface area contributed by atoms with Gasteiger partial charge in [0.2, 0.25) is 0 Å². The van der Waals surface area contributed by atoms with Gasteiger partial charge in [0.05, 0.1) is 13.1 Å². The van der Waals surface area contributed by atoms with Gasteiger partial charge < -0.3 is 20.5 Å². The van der Waals surface area contributed by atoms with Crippen molar-refractivity contribution in [3.8, 4) is 11.5 Å². The minimum Gasteiger partial charge on any atom is -0.508 e. The average molecular weight is 477 g/mol. The van der Waals surface area contributed by atoms with E-state index in [2.05, 4.69) is 15.6 Å².